The monoisotopic (exact) mass is 355 g/mol. The summed E-state index contributed by atoms with van der Waals surface area (Å²) in [5.41, 5.74) is -0.697. The molecule has 1 saturated heterocycles. The molecule has 1 fully saturated rings. The van der Waals surface area contributed by atoms with Crippen LogP contribution in [-0.2, 0) is 19.9 Å². The number of carboxylic acids is 1. The van der Waals surface area contributed by atoms with Gasteiger partial charge in [-0.3, -0.25) is 19.3 Å². The van der Waals surface area contributed by atoms with Crippen LogP contribution in [0.15, 0.2) is 42.5 Å². The number of urea groups is 1. The molecule has 4 amide bonds. The van der Waals surface area contributed by atoms with Crippen molar-refractivity contribution in [3.05, 3.63) is 48.0 Å². The van der Waals surface area contributed by atoms with Gasteiger partial charge < -0.3 is 15.7 Å². The van der Waals surface area contributed by atoms with E-state index in [0.29, 0.717) is 5.56 Å². The summed E-state index contributed by atoms with van der Waals surface area (Å²) in [5, 5.41) is 15.2. The quantitative estimate of drug-likeness (QED) is 0.687. The third-order valence-electron chi connectivity index (χ3n) is 4.34. The van der Waals surface area contributed by atoms with Crippen LogP contribution in [0.25, 0.3) is 10.8 Å². The van der Waals surface area contributed by atoms with Crippen LogP contribution >= 0.6 is 0 Å². The molecule has 1 heterocycles. The van der Waals surface area contributed by atoms with E-state index in [2.05, 4.69) is 10.6 Å². The number of benzene rings is 2. The van der Waals surface area contributed by atoms with E-state index in [9.17, 15) is 19.2 Å². The van der Waals surface area contributed by atoms with Crippen LogP contribution in [0.1, 0.15) is 12.5 Å². The number of carboxylic acid groups (broad SMARTS) is 1. The number of aliphatic carboxylic acids is 1. The zero-order chi connectivity index (χ0) is 18.9. The largest absolute Gasteiger partial charge is 0.480 e. The zero-order valence-electron chi connectivity index (χ0n) is 14.0. The maximum atomic E-state index is 12.8. The third kappa shape index (κ3) is 3.08. The van der Waals surface area contributed by atoms with Crippen molar-refractivity contribution in [2.45, 2.75) is 12.5 Å². The summed E-state index contributed by atoms with van der Waals surface area (Å²) in [6.07, 6.45) is 0. The molecule has 3 N–H and O–H groups in total. The molecule has 0 aromatic heterocycles. The minimum atomic E-state index is -1.30. The Kier molecular flexibility index (Phi) is 4.33. The minimum Gasteiger partial charge on any atom is -0.480 e. The van der Waals surface area contributed by atoms with Crippen molar-refractivity contribution in [2.75, 3.05) is 13.1 Å². The van der Waals surface area contributed by atoms with Gasteiger partial charge in [-0.25, -0.2) is 4.79 Å². The molecule has 2 aromatic carbocycles. The smallest absolute Gasteiger partial charge is 0.325 e. The summed E-state index contributed by atoms with van der Waals surface area (Å²) >= 11 is 0. The number of nitrogens with one attached hydrogen (secondary N) is 2. The average Bonchev–Trinajstić information content (AvgIpc) is 2.83. The first-order valence-electron chi connectivity index (χ1n) is 7.93. The number of hydrogen-bond donors (Lipinski definition) is 3. The van der Waals surface area contributed by atoms with Gasteiger partial charge >= 0.3 is 12.0 Å². The highest BCUT2D eigenvalue weighted by Gasteiger charge is 2.49. The van der Waals surface area contributed by atoms with E-state index < -0.39 is 42.4 Å². The predicted molar refractivity (Wildman–Crippen MR) is 92.2 cm³/mol. The second-order valence-corrected chi connectivity index (χ2v) is 6.18. The Hall–Kier alpha value is -3.42. The molecule has 0 saturated carbocycles. The van der Waals surface area contributed by atoms with Crippen LogP contribution in [0, 0.1) is 0 Å². The minimum absolute atomic E-state index is 0.541. The Balaban J connectivity index is 1.83. The van der Waals surface area contributed by atoms with E-state index in [1.165, 1.54) is 0 Å². The summed E-state index contributed by atoms with van der Waals surface area (Å²) in [5.74, 6) is -2.50. The predicted octanol–water partition coefficient (Wildman–Crippen LogP) is 0.808. The fourth-order valence-electron chi connectivity index (χ4n) is 2.91. The lowest BCUT2D eigenvalue weighted by Gasteiger charge is -2.22. The van der Waals surface area contributed by atoms with Gasteiger partial charge in [0.05, 0.1) is 0 Å². The van der Waals surface area contributed by atoms with E-state index >= 15 is 0 Å². The maximum Gasteiger partial charge on any atom is 0.325 e. The van der Waals surface area contributed by atoms with Gasteiger partial charge in [-0.05, 0) is 29.3 Å². The number of rotatable bonds is 5. The molecule has 8 nitrogen and oxygen atoms in total. The lowest BCUT2D eigenvalue weighted by Crippen LogP contribution is -2.44. The number of nitrogens with zero attached hydrogens (tertiary/aromatic N) is 1. The molecule has 1 aliphatic rings. The molecular formula is C18H17N3O5. The average molecular weight is 355 g/mol. The molecular weight excluding hydrogens is 338 g/mol. The molecule has 134 valence electrons. The number of carbonyl (C=O) groups excluding carboxylic acids is 3. The Labute approximate surface area is 148 Å². The second-order valence-electron chi connectivity index (χ2n) is 6.18. The zero-order valence-corrected chi connectivity index (χ0v) is 14.0. The number of imide groups is 1. The highest BCUT2D eigenvalue weighted by molar-refractivity contribution is 6.09. The Bertz CT molecular complexity index is 926. The van der Waals surface area contributed by atoms with Crippen LogP contribution in [-0.4, -0.2) is 46.9 Å². The van der Waals surface area contributed by atoms with Crippen molar-refractivity contribution in [1.29, 1.82) is 0 Å². The van der Waals surface area contributed by atoms with Crippen LogP contribution in [0.3, 0.4) is 0 Å². The number of hydrogen-bond acceptors (Lipinski definition) is 4. The SMILES string of the molecule is CC1(c2ccc3ccccc3c2)NC(=O)N(CC(=O)NCC(=O)O)C1=O. The van der Waals surface area contributed by atoms with Crippen LogP contribution in [0.2, 0.25) is 0 Å². The van der Waals surface area contributed by atoms with Crippen molar-refractivity contribution in [3.8, 4) is 0 Å². The van der Waals surface area contributed by atoms with E-state index in [4.69, 9.17) is 5.11 Å². The molecule has 0 radical (unpaired) electrons. The van der Waals surface area contributed by atoms with Gasteiger partial charge in [0.15, 0.2) is 0 Å². The highest BCUT2D eigenvalue weighted by atomic mass is 16.4. The topological polar surface area (TPSA) is 116 Å². The van der Waals surface area contributed by atoms with Gasteiger partial charge in [0, 0.05) is 0 Å². The van der Waals surface area contributed by atoms with Crippen LogP contribution in [0.4, 0.5) is 4.79 Å². The highest BCUT2D eigenvalue weighted by Crippen LogP contribution is 2.30. The molecule has 0 aliphatic carbocycles. The molecule has 8 heteroatoms. The van der Waals surface area contributed by atoms with Gasteiger partial charge in [0.1, 0.15) is 18.6 Å². The Morgan fingerprint density at radius 2 is 1.85 bits per heavy atom. The second kappa shape index (κ2) is 6.47. The Morgan fingerprint density at radius 3 is 2.54 bits per heavy atom. The van der Waals surface area contributed by atoms with Crippen molar-refractivity contribution >= 4 is 34.6 Å². The van der Waals surface area contributed by atoms with Gasteiger partial charge in [0.2, 0.25) is 5.91 Å². The lowest BCUT2D eigenvalue weighted by atomic mass is 9.90. The Morgan fingerprint density at radius 1 is 1.15 bits per heavy atom. The normalized spacial score (nSPS) is 19.5. The lowest BCUT2D eigenvalue weighted by molar-refractivity contribution is -0.138. The van der Waals surface area contributed by atoms with Gasteiger partial charge in [-0.15, -0.1) is 0 Å². The van der Waals surface area contributed by atoms with E-state index in [-0.39, 0.29) is 0 Å². The first-order chi connectivity index (χ1) is 12.3. The fraction of sp³-hybridized carbons (Fsp3) is 0.222. The van der Waals surface area contributed by atoms with E-state index in [1.807, 2.05) is 36.4 Å². The van der Waals surface area contributed by atoms with Gasteiger partial charge in [-0.2, -0.15) is 0 Å². The molecule has 0 bridgehead atoms. The summed E-state index contributed by atoms with van der Waals surface area (Å²) < 4.78 is 0. The van der Waals surface area contributed by atoms with E-state index in [1.54, 1.807) is 13.0 Å². The van der Waals surface area contributed by atoms with Crippen molar-refractivity contribution in [1.82, 2.24) is 15.5 Å². The fourth-order valence-corrected chi connectivity index (χ4v) is 2.91. The molecule has 3 rings (SSSR count). The molecule has 1 aliphatic heterocycles. The van der Waals surface area contributed by atoms with Crippen LogP contribution < -0.4 is 10.6 Å². The standard InChI is InChI=1S/C18H17N3O5/c1-18(13-7-6-11-4-2-3-5-12(11)8-13)16(25)21(17(26)20-18)10-14(22)19-9-15(23)24/h2-8H,9-10H2,1H3,(H,19,22)(H,20,26)(H,23,24). The maximum absolute atomic E-state index is 12.8. The number of carbonyl (C=O) groups is 4. The van der Waals surface area contributed by atoms with Crippen LogP contribution in [0.5, 0.6) is 0 Å². The number of fused-ring (bicyclic) bond motifs is 1. The molecule has 1 atom stereocenters. The van der Waals surface area contributed by atoms with Crippen molar-refractivity contribution in [2.24, 2.45) is 0 Å². The van der Waals surface area contributed by atoms with E-state index in [0.717, 1.165) is 15.7 Å². The van der Waals surface area contributed by atoms with Gasteiger partial charge in [-0.1, -0.05) is 36.4 Å². The molecule has 2 aromatic rings. The summed E-state index contributed by atoms with van der Waals surface area (Å²) in [4.78, 5) is 48.0. The summed E-state index contributed by atoms with van der Waals surface area (Å²) in [6, 6.07) is 12.4. The third-order valence-corrected chi connectivity index (χ3v) is 4.34. The molecule has 0 spiro atoms. The number of amides is 4. The first kappa shape index (κ1) is 17.4. The first-order valence-corrected chi connectivity index (χ1v) is 7.93. The van der Waals surface area contributed by atoms with Crippen molar-refractivity contribution in [3.63, 3.8) is 0 Å². The van der Waals surface area contributed by atoms with Gasteiger partial charge in [0.25, 0.3) is 5.91 Å². The summed E-state index contributed by atoms with van der Waals surface area (Å²) in [6.45, 7) is 0.456. The molecule has 1 unspecified atom stereocenters. The molecule has 26 heavy (non-hydrogen) atoms. The summed E-state index contributed by atoms with van der Waals surface area (Å²) in [7, 11) is 0. The van der Waals surface area contributed by atoms with Crippen molar-refractivity contribution < 1.29 is 24.3 Å².